The minimum absolute atomic E-state index is 0.0266. The van der Waals surface area contributed by atoms with Crippen LogP contribution in [0.5, 0.6) is 0 Å². The lowest BCUT2D eigenvalue weighted by molar-refractivity contribution is -0.131. The summed E-state index contributed by atoms with van der Waals surface area (Å²) in [5, 5.41) is 18.5. The van der Waals surface area contributed by atoms with Gasteiger partial charge in [-0.15, -0.1) is 0 Å². The number of benzene rings is 1. The highest BCUT2D eigenvalue weighted by molar-refractivity contribution is 5.92. The monoisotopic (exact) mass is 282 g/mol. The van der Waals surface area contributed by atoms with Crippen LogP contribution < -0.4 is 0 Å². The summed E-state index contributed by atoms with van der Waals surface area (Å²) in [5.41, 5.74) is 1.52. The third-order valence-electron chi connectivity index (χ3n) is 4.42. The smallest absolute Gasteiger partial charge is 0.247 e. The van der Waals surface area contributed by atoms with Gasteiger partial charge in [0.2, 0.25) is 5.91 Å². The SMILES string of the molecule is N#Cc1ccc(C=CC(=O)N2C3CCC2CC(O)C3)cc1. The van der Waals surface area contributed by atoms with E-state index in [2.05, 4.69) is 6.07 Å². The van der Waals surface area contributed by atoms with Crippen LogP contribution in [0, 0.1) is 11.3 Å². The first-order chi connectivity index (χ1) is 10.2. The van der Waals surface area contributed by atoms with E-state index in [0.29, 0.717) is 18.4 Å². The Hall–Kier alpha value is -2.12. The zero-order valence-electron chi connectivity index (χ0n) is 11.8. The van der Waals surface area contributed by atoms with Crippen molar-refractivity contribution in [2.75, 3.05) is 0 Å². The topological polar surface area (TPSA) is 64.3 Å². The molecule has 2 bridgehead atoms. The number of nitrogens with zero attached hydrogens (tertiary/aromatic N) is 2. The summed E-state index contributed by atoms with van der Waals surface area (Å²) in [6.07, 6.45) is 6.53. The van der Waals surface area contributed by atoms with Gasteiger partial charge in [0.05, 0.1) is 17.7 Å². The molecule has 1 N–H and O–H groups in total. The van der Waals surface area contributed by atoms with Crippen molar-refractivity contribution in [3.05, 3.63) is 41.5 Å². The molecule has 3 rings (SSSR count). The van der Waals surface area contributed by atoms with Crippen LogP contribution in [0.15, 0.2) is 30.3 Å². The highest BCUT2D eigenvalue weighted by Crippen LogP contribution is 2.35. The van der Waals surface area contributed by atoms with E-state index in [4.69, 9.17) is 5.26 Å². The number of carbonyl (C=O) groups is 1. The van der Waals surface area contributed by atoms with Crippen LogP contribution in [-0.2, 0) is 4.79 Å². The lowest BCUT2D eigenvalue weighted by Crippen LogP contribution is -2.47. The number of hydrogen-bond acceptors (Lipinski definition) is 3. The minimum atomic E-state index is -0.256. The third-order valence-corrected chi connectivity index (χ3v) is 4.42. The number of fused-ring (bicyclic) bond motifs is 2. The molecule has 4 nitrogen and oxygen atoms in total. The number of hydrogen-bond donors (Lipinski definition) is 1. The van der Waals surface area contributed by atoms with Crippen molar-refractivity contribution >= 4 is 12.0 Å². The summed E-state index contributed by atoms with van der Waals surface area (Å²) < 4.78 is 0. The largest absolute Gasteiger partial charge is 0.393 e. The molecule has 0 radical (unpaired) electrons. The Morgan fingerprint density at radius 3 is 2.43 bits per heavy atom. The Bertz CT molecular complexity index is 586. The molecule has 1 aromatic rings. The van der Waals surface area contributed by atoms with Crippen molar-refractivity contribution < 1.29 is 9.90 Å². The van der Waals surface area contributed by atoms with Crippen molar-refractivity contribution in [3.63, 3.8) is 0 Å². The molecule has 108 valence electrons. The quantitative estimate of drug-likeness (QED) is 0.845. The standard InChI is InChI=1S/C17H18N2O2/c18-11-13-3-1-12(2-4-13)5-8-17(21)19-14-6-7-15(19)10-16(20)9-14/h1-5,8,14-16,20H,6-7,9-10H2. The average molecular weight is 282 g/mol. The molecule has 2 fully saturated rings. The summed E-state index contributed by atoms with van der Waals surface area (Å²) in [6, 6.07) is 9.60. The molecule has 0 aromatic heterocycles. The van der Waals surface area contributed by atoms with Crippen molar-refractivity contribution in [3.8, 4) is 6.07 Å². The van der Waals surface area contributed by atoms with Crippen molar-refractivity contribution in [1.29, 1.82) is 5.26 Å². The van der Waals surface area contributed by atoms with Gasteiger partial charge in [0, 0.05) is 18.2 Å². The minimum Gasteiger partial charge on any atom is -0.393 e. The normalized spacial score (nSPS) is 27.8. The fraction of sp³-hybridized carbons (Fsp3) is 0.412. The number of aliphatic hydroxyl groups is 1. The van der Waals surface area contributed by atoms with E-state index < -0.39 is 0 Å². The van der Waals surface area contributed by atoms with Crippen LogP contribution in [0.1, 0.15) is 36.8 Å². The molecule has 2 aliphatic rings. The molecule has 0 aliphatic carbocycles. The Balaban J connectivity index is 1.69. The maximum absolute atomic E-state index is 12.4. The fourth-order valence-electron chi connectivity index (χ4n) is 3.43. The molecule has 2 aliphatic heterocycles. The van der Waals surface area contributed by atoms with E-state index in [1.165, 1.54) is 0 Å². The van der Waals surface area contributed by atoms with Gasteiger partial charge < -0.3 is 10.0 Å². The first kappa shape index (κ1) is 13.8. The van der Waals surface area contributed by atoms with Gasteiger partial charge in [-0.2, -0.15) is 5.26 Å². The van der Waals surface area contributed by atoms with E-state index in [1.54, 1.807) is 24.3 Å². The maximum atomic E-state index is 12.4. The summed E-state index contributed by atoms with van der Waals surface area (Å²) in [6.45, 7) is 0. The number of amides is 1. The van der Waals surface area contributed by atoms with Crippen molar-refractivity contribution in [2.24, 2.45) is 0 Å². The molecule has 2 atom stereocenters. The average Bonchev–Trinajstić information content (AvgIpc) is 2.77. The molecule has 1 amide bonds. The van der Waals surface area contributed by atoms with E-state index >= 15 is 0 Å². The molecule has 4 heteroatoms. The summed E-state index contributed by atoms with van der Waals surface area (Å²) in [7, 11) is 0. The van der Waals surface area contributed by atoms with E-state index in [-0.39, 0.29) is 24.1 Å². The van der Waals surface area contributed by atoms with Crippen LogP contribution in [0.25, 0.3) is 6.08 Å². The Morgan fingerprint density at radius 2 is 1.86 bits per heavy atom. The van der Waals surface area contributed by atoms with E-state index in [1.807, 2.05) is 17.0 Å². The fourth-order valence-corrected chi connectivity index (χ4v) is 3.43. The Morgan fingerprint density at radius 1 is 1.24 bits per heavy atom. The maximum Gasteiger partial charge on any atom is 0.247 e. The van der Waals surface area contributed by atoms with Crippen LogP contribution in [0.4, 0.5) is 0 Å². The predicted molar refractivity (Wildman–Crippen MR) is 79.1 cm³/mol. The van der Waals surface area contributed by atoms with Gasteiger partial charge in [0.1, 0.15) is 0 Å². The van der Waals surface area contributed by atoms with Crippen molar-refractivity contribution in [1.82, 2.24) is 4.90 Å². The summed E-state index contributed by atoms with van der Waals surface area (Å²) in [4.78, 5) is 14.3. The number of aliphatic hydroxyl groups excluding tert-OH is 1. The number of rotatable bonds is 2. The summed E-state index contributed by atoms with van der Waals surface area (Å²) in [5.74, 6) is 0.0266. The second-order valence-electron chi connectivity index (χ2n) is 5.82. The zero-order valence-corrected chi connectivity index (χ0v) is 11.8. The van der Waals surface area contributed by atoms with E-state index in [0.717, 1.165) is 18.4 Å². The molecule has 21 heavy (non-hydrogen) atoms. The van der Waals surface area contributed by atoms with Crippen LogP contribution in [0.3, 0.4) is 0 Å². The lowest BCUT2D eigenvalue weighted by Gasteiger charge is -2.36. The Kier molecular flexibility index (Phi) is 3.76. The molecular weight excluding hydrogens is 264 g/mol. The Labute approximate surface area is 124 Å². The number of piperidine rings is 1. The van der Waals surface area contributed by atoms with Gasteiger partial charge in [-0.05, 0) is 49.5 Å². The van der Waals surface area contributed by atoms with Gasteiger partial charge in [0.25, 0.3) is 0 Å². The number of carbonyl (C=O) groups excluding carboxylic acids is 1. The molecule has 0 spiro atoms. The molecule has 2 saturated heterocycles. The first-order valence-electron chi connectivity index (χ1n) is 7.36. The van der Waals surface area contributed by atoms with Gasteiger partial charge in [-0.25, -0.2) is 0 Å². The van der Waals surface area contributed by atoms with Crippen LogP contribution in [-0.4, -0.2) is 34.1 Å². The van der Waals surface area contributed by atoms with Crippen LogP contribution in [0.2, 0.25) is 0 Å². The molecule has 0 saturated carbocycles. The predicted octanol–water partition coefficient (Wildman–Crippen LogP) is 2.09. The molecule has 2 unspecified atom stereocenters. The van der Waals surface area contributed by atoms with Crippen molar-refractivity contribution in [2.45, 2.75) is 43.9 Å². The highest BCUT2D eigenvalue weighted by atomic mass is 16.3. The van der Waals surface area contributed by atoms with Gasteiger partial charge in [-0.1, -0.05) is 12.1 Å². The number of nitriles is 1. The second kappa shape index (κ2) is 5.71. The molecule has 2 heterocycles. The van der Waals surface area contributed by atoms with Gasteiger partial charge in [-0.3, -0.25) is 4.79 Å². The zero-order chi connectivity index (χ0) is 14.8. The van der Waals surface area contributed by atoms with Gasteiger partial charge >= 0.3 is 0 Å². The van der Waals surface area contributed by atoms with Gasteiger partial charge in [0.15, 0.2) is 0 Å². The summed E-state index contributed by atoms with van der Waals surface area (Å²) >= 11 is 0. The third kappa shape index (κ3) is 2.84. The molecular formula is C17H18N2O2. The first-order valence-corrected chi connectivity index (χ1v) is 7.36. The molecule has 1 aromatic carbocycles. The lowest BCUT2D eigenvalue weighted by atomic mass is 10.00. The van der Waals surface area contributed by atoms with Crippen LogP contribution >= 0.6 is 0 Å². The van der Waals surface area contributed by atoms with E-state index in [9.17, 15) is 9.90 Å². The second-order valence-corrected chi connectivity index (χ2v) is 5.82. The highest BCUT2D eigenvalue weighted by Gasteiger charge is 2.41.